The maximum Gasteiger partial charge on any atom is 0.0775 e. The normalized spacial score (nSPS) is 12.3. The van der Waals surface area contributed by atoms with Crippen LogP contribution in [0.15, 0.2) is 109 Å². The van der Waals surface area contributed by atoms with Crippen LogP contribution in [0.5, 0.6) is 0 Å². The van der Waals surface area contributed by atoms with Gasteiger partial charge in [-0.3, -0.25) is 0 Å². The number of rotatable bonds is 3. The standard InChI is InChI=1S/C33H28N2Si/c1-36(2,3)25-16-14-24(15-17-25)35-32-11-7-5-9-27(32)29-21-23(13-19-33(29)35)22-12-18-31-28(20-22)26-8-4-6-10-30(26)34-31/h4-21,34H,1-3H3. The predicted octanol–water partition coefficient (Wildman–Crippen LogP) is 8.63. The Bertz CT molecular complexity index is 1910. The third kappa shape index (κ3) is 3.24. The minimum atomic E-state index is -1.34. The summed E-state index contributed by atoms with van der Waals surface area (Å²) in [5.74, 6) is 0. The van der Waals surface area contributed by atoms with Crippen LogP contribution < -0.4 is 5.19 Å². The minimum absolute atomic E-state index is 1.18. The van der Waals surface area contributed by atoms with Gasteiger partial charge in [-0.2, -0.15) is 0 Å². The van der Waals surface area contributed by atoms with Gasteiger partial charge in [0.15, 0.2) is 0 Å². The molecule has 1 N–H and O–H groups in total. The number of H-pyrrole nitrogens is 1. The van der Waals surface area contributed by atoms with Crippen LogP contribution in [0.3, 0.4) is 0 Å². The number of para-hydroxylation sites is 2. The second kappa shape index (κ2) is 7.71. The van der Waals surface area contributed by atoms with E-state index in [-0.39, 0.29) is 0 Å². The molecule has 0 unspecified atom stereocenters. The number of hydrogen-bond donors (Lipinski definition) is 1. The Kier molecular flexibility index (Phi) is 4.54. The van der Waals surface area contributed by atoms with Crippen molar-refractivity contribution in [1.29, 1.82) is 0 Å². The lowest BCUT2D eigenvalue weighted by Crippen LogP contribution is -2.37. The molecule has 0 bridgehead atoms. The lowest BCUT2D eigenvalue weighted by atomic mass is 10.0. The second-order valence-electron chi connectivity index (χ2n) is 10.8. The summed E-state index contributed by atoms with van der Waals surface area (Å²) in [4.78, 5) is 3.54. The Morgan fingerprint density at radius 2 is 1.14 bits per heavy atom. The molecule has 0 spiro atoms. The first kappa shape index (κ1) is 21.2. The van der Waals surface area contributed by atoms with Crippen molar-refractivity contribution in [2.24, 2.45) is 0 Å². The van der Waals surface area contributed by atoms with Crippen molar-refractivity contribution in [3.63, 3.8) is 0 Å². The van der Waals surface area contributed by atoms with Gasteiger partial charge in [0.1, 0.15) is 0 Å². The fourth-order valence-electron chi connectivity index (χ4n) is 5.57. The molecule has 0 aliphatic carbocycles. The van der Waals surface area contributed by atoms with E-state index in [1.165, 1.54) is 65.6 Å². The summed E-state index contributed by atoms with van der Waals surface area (Å²) in [5, 5.41) is 6.61. The van der Waals surface area contributed by atoms with Crippen LogP contribution >= 0.6 is 0 Å². The first-order valence-electron chi connectivity index (χ1n) is 12.6. The molecule has 0 amide bonds. The lowest BCUT2D eigenvalue weighted by molar-refractivity contribution is 1.18. The van der Waals surface area contributed by atoms with Crippen molar-refractivity contribution in [1.82, 2.24) is 9.55 Å². The van der Waals surface area contributed by atoms with Gasteiger partial charge in [-0.05, 0) is 59.7 Å². The quantitative estimate of drug-likeness (QED) is 0.244. The van der Waals surface area contributed by atoms with E-state index < -0.39 is 8.07 Å². The molecule has 0 fully saturated rings. The minimum Gasteiger partial charge on any atom is -0.355 e. The van der Waals surface area contributed by atoms with E-state index in [1.807, 2.05) is 0 Å². The molecule has 2 nitrogen and oxygen atoms in total. The van der Waals surface area contributed by atoms with Gasteiger partial charge in [-0.25, -0.2) is 0 Å². The topological polar surface area (TPSA) is 20.7 Å². The first-order chi connectivity index (χ1) is 17.5. The van der Waals surface area contributed by atoms with Gasteiger partial charge in [0.25, 0.3) is 0 Å². The maximum atomic E-state index is 3.54. The first-order valence-corrected chi connectivity index (χ1v) is 16.1. The Morgan fingerprint density at radius 3 is 1.92 bits per heavy atom. The van der Waals surface area contributed by atoms with Crippen molar-refractivity contribution in [2.45, 2.75) is 19.6 Å². The van der Waals surface area contributed by atoms with E-state index in [4.69, 9.17) is 0 Å². The third-order valence-electron chi connectivity index (χ3n) is 7.50. The number of benzene rings is 5. The van der Waals surface area contributed by atoms with Crippen molar-refractivity contribution in [2.75, 3.05) is 0 Å². The van der Waals surface area contributed by atoms with Gasteiger partial charge in [-0.15, -0.1) is 0 Å². The monoisotopic (exact) mass is 480 g/mol. The summed E-state index contributed by atoms with van der Waals surface area (Å²) in [7, 11) is -1.34. The summed E-state index contributed by atoms with van der Waals surface area (Å²) in [6.45, 7) is 7.20. The molecule has 3 heteroatoms. The average Bonchev–Trinajstić information content (AvgIpc) is 3.43. The molecule has 174 valence electrons. The van der Waals surface area contributed by atoms with Gasteiger partial charge in [0, 0.05) is 38.3 Å². The molecule has 0 saturated carbocycles. The fraction of sp³-hybridized carbons (Fsp3) is 0.0909. The van der Waals surface area contributed by atoms with Gasteiger partial charge in [0.05, 0.1) is 19.1 Å². The Labute approximate surface area is 211 Å². The smallest absolute Gasteiger partial charge is 0.0775 e. The largest absolute Gasteiger partial charge is 0.355 e. The molecule has 36 heavy (non-hydrogen) atoms. The Hall–Kier alpha value is -4.08. The Balaban J connectivity index is 1.42. The van der Waals surface area contributed by atoms with Crippen molar-refractivity contribution < 1.29 is 0 Å². The highest BCUT2D eigenvalue weighted by Crippen LogP contribution is 2.36. The molecule has 5 aromatic carbocycles. The number of nitrogens with zero attached hydrogens (tertiary/aromatic N) is 1. The average molecular weight is 481 g/mol. The van der Waals surface area contributed by atoms with E-state index in [0.29, 0.717) is 0 Å². The molecule has 0 saturated heterocycles. The van der Waals surface area contributed by atoms with Crippen LogP contribution in [0, 0.1) is 0 Å². The lowest BCUT2D eigenvalue weighted by Gasteiger charge is -2.17. The summed E-state index contributed by atoms with van der Waals surface area (Å²) >= 11 is 0. The van der Waals surface area contributed by atoms with Crippen LogP contribution in [0.25, 0.3) is 60.4 Å². The van der Waals surface area contributed by atoms with E-state index in [0.717, 1.165) is 0 Å². The molecule has 7 rings (SSSR count). The van der Waals surface area contributed by atoms with E-state index >= 15 is 0 Å². The van der Waals surface area contributed by atoms with Crippen LogP contribution in [0.4, 0.5) is 0 Å². The molecule has 0 atom stereocenters. The summed E-state index contributed by atoms with van der Waals surface area (Å²) in [6.07, 6.45) is 0. The number of nitrogens with one attached hydrogen (secondary N) is 1. The molecule has 2 heterocycles. The summed E-state index contributed by atoms with van der Waals surface area (Å²) in [6, 6.07) is 40.2. The van der Waals surface area contributed by atoms with Gasteiger partial charge in [0.2, 0.25) is 0 Å². The summed E-state index contributed by atoms with van der Waals surface area (Å²) < 4.78 is 2.41. The fourth-order valence-corrected chi connectivity index (χ4v) is 6.74. The molecule has 0 aliphatic rings. The zero-order valence-corrected chi connectivity index (χ0v) is 21.8. The highest BCUT2D eigenvalue weighted by Gasteiger charge is 2.17. The van der Waals surface area contributed by atoms with Crippen LogP contribution in [-0.2, 0) is 0 Å². The number of aromatic nitrogens is 2. The highest BCUT2D eigenvalue weighted by molar-refractivity contribution is 6.88. The summed E-state index contributed by atoms with van der Waals surface area (Å²) in [5.41, 5.74) is 8.56. The molecular formula is C33H28N2Si. The van der Waals surface area contributed by atoms with E-state index in [9.17, 15) is 0 Å². The Morgan fingerprint density at radius 1 is 0.528 bits per heavy atom. The van der Waals surface area contributed by atoms with E-state index in [2.05, 4.69) is 138 Å². The second-order valence-corrected chi connectivity index (χ2v) is 15.9. The van der Waals surface area contributed by atoms with Gasteiger partial charge in [-0.1, -0.05) is 85.5 Å². The van der Waals surface area contributed by atoms with E-state index in [1.54, 1.807) is 0 Å². The zero-order valence-electron chi connectivity index (χ0n) is 20.8. The maximum absolute atomic E-state index is 3.54. The van der Waals surface area contributed by atoms with Crippen molar-refractivity contribution in [3.8, 4) is 16.8 Å². The van der Waals surface area contributed by atoms with Crippen LogP contribution in [-0.4, -0.2) is 17.6 Å². The van der Waals surface area contributed by atoms with Crippen LogP contribution in [0.2, 0.25) is 19.6 Å². The SMILES string of the molecule is C[Si](C)(C)c1ccc(-n2c3ccccc3c3cc(-c4ccc5[nH]c6ccccc6c5c4)ccc32)cc1. The highest BCUT2D eigenvalue weighted by atomic mass is 28.3. The molecule has 0 aliphatic heterocycles. The number of aromatic amines is 1. The predicted molar refractivity (Wildman–Crippen MR) is 159 cm³/mol. The van der Waals surface area contributed by atoms with Crippen LogP contribution in [0.1, 0.15) is 0 Å². The van der Waals surface area contributed by atoms with Crippen molar-refractivity contribution in [3.05, 3.63) is 109 Å². The third-order valence-corrected chi connectivity index (χ3v) is 9.57. The number of fused-ring (bicyclic) bond motifs is 6. The zero-order chi connectivity index (χ0) is 24.4. The molecular weight excluding hydrogens is 452 g/mol. The molecule has 0 radical (unpaired) electrons. The number of hydrogen-bond acceptors (Lipinski definition) is 0. The van der Waals surface area contributed by atoms with Crippen molar-refractivity contribution >= 4 is 56.9 Å². The van der Waals surface area contributed by atoms with Gasteiger partial charge < -0.3 is 9.55 Å². The van der Waals surface area contributed by atoms with Gasteiger partial charge >= 0.3 is 0 Å². The molecule has 7 aromatic rings. The molecule has 2 aromatic heterocycles.